The van der Waals surface area contributed by atoms with Crippen LogP contribution in [0, 0.1) is 14.9 Å². The summed E-state index contributed by atoms with van der Waals surface area (Å²) in [4.78, 5) is 12.5. The molecule has 2 aromatic rings. The molecule has 0 radical (unpaired) electrons. The third-order valence-electron chi connectivity index (χ3n) is 3.45. The zero-order valence-corrected chi connectivity index (χ0v) is 18.4. The third-order valence-corrected chi connectivity index (χ3v) is 4.82. The van der Waals surface area contributed by atoms with Gasteiger partial charge in [-0.2, -0.15) is 5.26 Å². The molecule has 28 heavy (non-hydrogen) atoms. The van der Waals surface area contributed by atoms with Crippen molar-refractivity contribution in [3.63, 3.8) is 0 Å². The van der Waals surface area contributed by atoms with E-state index in [2.05, 4.69) is 34.5 Å². The molecule has 2 rings (SSSR count). The Bertz CT molecular complexity index is 984. The minimum Gasteiger partial charge on any atom is -0.493 e. The van der Waals surface area contributed by atoms with Crippen molar-refractivity contribution in [1.29, 1.82) is 5.26 Å². The first-order valence-corrected chi connectivity index (χ1v) is 9.72. The largest absolute Gasteiger partial charge is 0.493 e. The van der Waals surface area contributed by atoms with Gasteiger partial charge in [0.25, 0.3) is 5.91 Å². The number of nitrogens with one attached hydrogen (secondary N) is 1. The second-order valence-corrected chi connectivity index (χ2v) is 7.39. The lowest BCUT2D eigenvalue weighted by Crippen LogP contribution is -2.13. The van der Waals surface area contributed by atoms with Gasteiger partial charge in [-0.3, -0.25) is 4.79 Å². The zero-order valence-electron chi connectivity index (χ0n) is 14.8. The summed E-state index contributed by atoms with van der Waals surface area (Å²) >= 11 is 14.1. The summed E-state index contributed by atoms with van der Waals surface area (Å²) < 4.78 is 11.7. The number of nitriles is 1. The average molecular weight is 529 g/mol. The van der Waals surface area contributed by atoms with Crippen LogP contribution in [0.25, 0.3) is 6.08 Å². The molecule has 0 spiro atoms. The lowest BCUT2D eigenvalue weighted by Gasteiger charge is -2.12. The lowest BCUT2D eigenvalue weighted by molar-refractivity contribution is -0.112. The molecular formula is C20H15Cl2IN2O3. The zero-order chi connectivity index (χ0) is 20.7. The molecule has 0 saturated carbocycles. The highest BCUT2D eigenvalue weighted by Gasteiger charge is 2.15. The van der Waals surface area contributed by atoms with Crippen molar-refractivity contribution < 1.29 is 14.3 Å². The number of ether oxygens (including phenoxy) is 2. The number of amides is 1. The molecule has 0 heterocycles. The van der Waals surface area contributed by atoms with E-state index in [1.165, 1.54) is 19.3 Å². The first kappa shape index (κ1) is 22.1. The van der Waals surface area contributed by atoms with E-state index in [0.29, 0.717) is 39.4 Å². The summed E-state index contributed by atoms with van der Waals surface area (Å²) in [6.45, 7) is 3.95. The molecule has 8 heteroatoms. The van der Waals surface area contributed by atoms with Crippen LogP contribution >= 0.6 is 45.8 Å². The van der Waals surface area contributed by atoms with Gasteiger partial charge in [0.1, 0.15) is 18.2 Å². The molecule has 0 atom stereocenters. The van der Waals surface area contributed by atoms with E-state index in [1.807, 2.05) is 6.07 Å². The Labute approximate surface area is 186 Å². The number of hydrogen-bond donors (Lipinski definition) is 1. The van der Waals surface area contributed by atoms with Gasteiger partial charge in [0.15, 0.2) is 11.5 Å². The number of anilines is 1. The minimum atomic E-state index is -0.604. The van der Waals surface area contributed by atoms with Crippen molar-refractivity contribution in [2.75, 3.05) is 19.0 Å². The van der Waals surface area contributed by atoms with Crippen LogP contribution in [0.5, 0.6) is 11.5 Å². The maximum atomic E-state index is 12.5. The Morgan fingerprint density at radius 3 is 2.75 bits per heavy atom. The molecule has 144 valence electrons. The fraction of sp³-hybridized carbons (Fsp3) is 0.100. The van der Waals surface area contributed by atoms with E-state index >= 15 is 0 Å². The molecule has 0 aliphatic heterocycles. The first-order valence-electron chi connectivity index (χ1n) is 7.89. The molecular weight excluding hydrogens is 514 g/mol. The second kappa shape index (κ2) is 10.4. The number of rotatable bonds is 7. The Balaban J connectivity index is 2.34. The fourth-order valence-electron chi connectivity index (χ4n) is 2.20. The van der Waals surface area contributed by atoms with Gasteiger partial charge < -0.3 is 14.8 Å². The van der Waals surface area contributed by atoms with Crippen LogP contribution in [0.1, 0.15) is 5.56 Å². The molecule has 1 amide bonds. The van der Waals surface area contributed by atoms with Crippen LogP contribution in [-0.4, -0.2) is 19.6 Å². The van der Waals surface area contributed by atoms with Gasteiger partial charge in [0, 0.05) is 5.02 Å². The standard InChI is InChI=1S/C20H15Cl2IN2O3/c1-3-6-28-19-16(23)8-12(9-18(19)27-2)7-13(11-24)20(26)25-17-10-14(21)4-5-15(17)22/h3-5,7-10H,1,6H2,2H3,(H,25,26)/b13-7+. The molecule has 5 nitrogen and oxygen atoms in total. The Morgan fingerprint density at radius 2 is 2.11 bits per heavy atom. The van der Waals surface area contributed by atoms with Gasteiger partial charge in [0.2, 0.25) is 0 Å². The monoisotopic (exact) mass is 528 g/mol. The van der Waals surface area contributed by atoms with Crippen LogP contribution in [-0.2, 0) is 4.79 Å². The second-order valence-electron chi connectivity index (χ2n) is 5.38. The molecule has 0 saturated heterocycles. The highest BCUT2D eigenvalue weighted by Crippen LogP contribution is 2.34. The quantitative estimate of drug-likeness (QED) is 0.216. The Hall–Kier alpha value is -2.21. The Morgan fingerprint density at radius 1 is 1.36 bits per heavy atom. The van der Waals surface area contributed by atoms with E-state index in [0.717, 1.165) is 3.57 Å². The third kappa shape index (κ3) is 5.64. The summed E-state index contributed by atoms with van der Waals surface area (Å²) in [6.07, 6.45) is 3.08. The summed E-state index contributed by atoms with van der Waals surface area (Å²) in [5, 5.41) is 12.7. The molecule has 0 aromatic heterocycles. The predicted molar refractivity (Wildman–Crippen MR) is 120 cm³/mol. The SMILES string of the molecule is C=CCOc1c(I)cc(/C=C(\C#N)C(=O)Nc2cc(Cl)ccc2Cl)cc1OC. The van der Waals surface area contributed by atoms with Crippen LogP contribution in [0.3, 0.4) is 0 Å². The van der Waals surface area contributed by atoms with Crippen molar-refractivity contribution in [3.05, 3.63) is 67.7 Å². The van der Waals surface area contributed by atoms with Gasteiger partial charge in [-0.1, -0.05) is 35.9 Å². The maximum absolute atomic E-state index is 12.5. The van der Waals surface area contributed by atoms with E-state index in [4.69, 9.17) is 32.7 Å². The molecule has 2 aromatic carbocycles. The number of carbonyl (C=O) groups excluding carboxylic acids is 1. The molecule has 0 fully saturated rings. The minimum absolute atomic E-state index is 0.103. The molecule has 1 N–H and O–H groups in total. The number of hydrogen-bond acceptors (Lipinski definition) is 4. The molecule has 0 bridgehead atoms. The summed E-state index contributed by atoms with van der Waals surface area (Å²) in [5.74, 6) is 0.442. The Kier molecular flexibility index (Phi) is 8.18. The first-order chi connectivity index (χ1) is 13.4. The van der Waals surface area contributed by atoms with Gasteiger partial charge in [-0.15, -0.1) is 0 Å². The van der Waals surface area contributed by atoms with E-state index < -0.39 is 5.91 Å². The van der Waals surface area contributed by atoms with Crippen molar-refractivity contribution in [3.8, 4) is 17.6 Å². The number of nitrogens with zero attached hydrogens (tertiary/aromatic N) is 1. The van der Waals surface area contributed by atoms with E-state index in [1.54, 1.807) is 30.3 Å². The van der Waals surface area contributed by atoms with Crippen LogP contribution in [0.4, 0.5) is 5.69 Å². The maximum Gasteiger partial charge on any atom is 0.266 e. The van der Waals surface area contributed by atoms with Crippen molar-refractivity contribution in [2.45, 2.75) is 0 Å². The normalized spacial score (nSPS) is 10.8. The van der Waals surface area contributed by atoms with E-state index in [9.17, 15) is 10.1 Å². The smallest absolute Gasteiger partial charge is 0.266 e. The number of carbonyl (C=O) groups is 1. The molecule has 0 aliphatic carbocycles. The van der Waals surface area contributed by atoms with Crippen LogP contribution < -0.4 is 14.8 Å². The van der Waals surface area contributed by atoms with Crippen molar-refractivity contribution in [2.24, 2.45) is 0 Å². The lowest BCUT2D eigenvalue weighted by atomic mass is 10.1. The van der Waals surface area contributed by atoms with Crippen LogP contribution in [0.15, 0.2) is 48.6 Å². The summed E-state index contributed by atoms with van der Waals surface area (Å²) in [6, 6.07) is 10.0. The van der Waals surface area contributed by atoms with Gasteiger partial charge in [0.05, 0.1) is 21.4 Å². The van der Waals surface area contributed by atoms with Crippen LogP contribution in [0.2, 0.25) is 10.0 Å². The molecule has 0 aliphatic rings. The summed E-state index contributed by atoms with van der Waals surface area (Å²) in [7, 11) is 1.51. The fourth-order valence-corrected chi connectivity index (χ4v) is 3.32. The number of benzene rings is 2. The average Bonchev–Trinajstić information content (AvgIpc) is 2.67. The van der Waals surface area contributed by atoms with Crippen molar-refractivity contribution >= 4 is 63.5 Å². The number of halogens is 3. The number of methoxy groups -OCH3 is 1. The van der Waals surface area contributed by atoms with Gasteiger partial charge in [-0.05, 0) is 64.6 Å². The van der Waals surface area contributed by atoms with E-state index in [-0.39, 0.29) is 5.57 Å². The predicted octanol–water partition coefficient (Wildman–Crippen LogP) is 5.72. The van der Waals surface area contributed by atoms with Gasteiger partial charge >= 0.3 is 0 Å². The van der Waals surface area contributed by atoms with Gasteiger partial charge in [-0.25, -0.2) is 0 Å². The topological polar surface area (TPSA) is 71.3 Å². The highest BCUT2D eigenvalue weighted by atomic mass is 127. The highest BCUT2D eigenvalue weighted by molar-refractivity contribution is 14.1. The summed E-state index contributed by atoms with van der Waals surface area (Å²) in [5.41, 5.74) is 0.824. The van der Waals surface area contributed by atoms with Crippen molar-refractivity contribution in [1.82, 2.24) is 0 Å². The molecule has 0 unspecified atom stereocenters.